The van der Waals surface area contributed by atoms with Gasteiger partial charge in [0.25, 0.3) is 0 Å². The molecule has 0 aliphatic heterocycles. The summed E-state index contributed by atoms with van der Waals surface area (Å²) in [5, 5.41) is 16.8. The van der Waals surface area contributed by atoms with Crippen molar-refractivity contribution in [1.82, 2.24) is 31.9 Å². The first kappa shape index (κ1) is 54.3. The zero-order chi connectivity index (χ0) is 43.9. The van der Waals surface area contributed by atoms with E-state index in [1.165, 1.54) is 0 Å². The van der Waals surface area contributed by atoms with Gasteiger partial charge in [0.15, 0.2) is 0 Å². The van der Waals surface area contributed by atoms with Crippen LogP contribution in [-0.4, -0.2) is 96.1 Å². The van der Waals surface area contributed by atoms with Crippen molar-refractivity contribution in [3.63, 3.8) is 0 Å². The van der Waals surface area contributed by atoms with Crippen molar-refractivity contribution in [2.24, 2.45) is 21.7 Å². The molecule has 0 aromatic heterocycles. The summed E-state index contributed by atoms with van der Waals surface area (Å²) >= 11 is 0. The molecule has 0 heterocycles. The molecule has 0 saturated heterocycles. The van der Waals surface area contributed by atoms with Gasteiger partial charge >= 0.3 is 30.4 Å². The van der Waals surface area contributed by atoms with Crippen LogP contribution in [0.4, 0.5) is 24.0 Å². The van der Waals surface area contributed by atoms with Crippen molar-refractivity contribution in [2.75, 3.05) is 65.7 Å². The lowest BCUT2D eigenvalue weighted by atomic mass is 9.83. The van der Waals surface area contributed by atoms with Crippen LogP contribution in [-0.2, 0) is 18.9 Å². The van der Waals surface area contributed by atoms with Crippen LogP contribution in [0.25, 0.3) is 0 Å². The smallest absolute Gasteiger partial charge is 0.450 e. The van der Waals surface area contributed by atoms with Gasteiger partial charge in [-0.25, -0.2) is 24.0 Å². The highest BCUT2D eigenvalue weighted by Crippen LogP contribution is 2.29. The van der Waals surface area contributed by atoms with Crippen LogP contribution in [0.1, 0.15) is 159 Å². The number of rotatable bonds is 30. The van der Waals surface area contributed by atoms with Gasteiger partial charge < -0.3 is 50.8 Å². The fraction of sp³-hybridized carbons (Fsp3) is 0.884. The van der Waals surface area contributed by atoms with E-state index < -0.39 is 12.2 Å². The fourth-order valence-corrected chi connectivity index (χ4v) is 5.75. The third-order valence-corrected chi connectivity index (χ3v) is 9.54. The van der Waals surface area contributed by atoms with Gasteiger partial charge in [-0.3, -0.25) is 0 Å². The molecule has 0 spiro atoms. The molecule has 0 unspecified atom stereocenters. The summed E-state index contributed by atoms with van der Waals surface area (Å²) in [7, 11) is 0. The summed E-state index contributed by atoms with van der Waals surface area (Å²) in [6, 6.07) is -0.393. The molecule has 0 saturated carbocycles. The van der Waals surface area contributed by atoms with Crippen LogP contribution in [0.3, 0.4) is 0 Å². The van der Waals surface area contributed by atoms with Gasteiger partial charge in [-0.1, -0.05) is 69.2 Å². The molecule has 0 fully saturated rings. The van der Waals surface area contributed by atoms with Gasteiger partial charge in [0.1, 0.15) is 0 Å². The number of alkyl carbamates (subject to hydrolysis) is 2. The standard InChI is InChI=1S/C43H84N6O9/c1-40(2,3)23-29-47-36(51)46-26-12-11-25-44-35(50)45-27-13-14-28-48-37(52)55-31-15-19-42(7,8)21-17-33-57-39(54)58-34-18-22-43(9,10)20-16-32-56-38(53)49-30-24-41(4,5)6/h11-34H2,1-10H3,(H,48,52)(H,49,53)(H2,44,45,50)(H2,46,47,51). The normalized spacial score (nSPS) is 11.9. The number of nitrogens with one attached hydrogen (secondary N) is 6. The average molecular weight is 829 g/mol. The Hall–Kier alpha value is -3.65. The Balaban J connectivity index is 3.75. The monoisotopic (exact) mass is 829 g/mol. The number of amides is 6. The fourth-order valence-electron chi connectivity index (χ4n) is 5.75. The summed E-state index contributed by atoms with van der Waals surface area (Å²) < 4.78 is 21.1. The number of ether oxygens (including phenoxy) is 4. The Morgan fingerprint density at radius 3 is 0.966 bits per heavy atom. The Morgan fingerprint density at radius 1 is 0.345 bits per heavy atom. The van der Waals surface area contributed by atoms with Crippen LogP contribution in [0, 0.1) is 21.7 Å². The average Bonchev–Trinajstić information content (AvgIpc) is 3.11. The lowest BCUT2D eigenvalue weighted by Gasteiger charge is -2.24. The highest BCUT2D eigenvalue weighted by molar-refractivity contribution is 5.74. The number of unbranched alkanes of at least 4 members (excludes halogenated alkanes) is 2. The summed E-state index contributed by atoms with van der Waals surface area (Å²) in [6.07, 6.45) is 9.71. The summed E-state index contributed by atoms with van der Waals surface area (Å²) in [5.74, 6) is 0. The van der Waals surface area contributed by atoms with Crippen LogP contribution >= 0.6 is 0 Å². The second-order valence-electron chi connectivity index (χ2n) is 19.2. The molecule has 15 nitrogen and oxygen atoms in total. The van der Waals surface area contributed by atoms with E-state index in [0.29, 0.717) is 71.9 Å². The molecule has 0 bridgehead atoms. The van der Waals surface area contributed by atoms with E-state index in [0.717, 1.165) is 77.0 Å². The minimum absolute atomic E-state index is 0.00000147. The Kier molecular flexibility index (Phi) is 28.5. The van der Waals surface area contributed by atoms with Gasteiger partial charge in [-0.15, -0.1) is 0 Å². The van der Waals surface area contributed by atoms with Gasteiger partial charge in [0, 0.05) is 39.3 Å². The Morgan fingerprint density at radius 2 is 0.621 bits per heavy atom. The highest BCUT2D eigenvalue weighted by atomic mass is 16.7. The van der Waals surface area contributed by atoms with E-state index in [2.05, 4.69) is 101 Å². The number of carbonyl (C=O) groups excluding carboxylic acids is 5. The van der Waals surface area contributed by atoms with Gasteiger partial charge in [0.05, 0.1) is 26.4 Å². The van der Waals surface area contributed by atoms with Gasteiger partial charge in [0.2, 0.25) is 0 Å². The zero-order valence-electron chi connectivity index (χ0n) is 38.1. The first-order valence-electron chi connectivity index (χ1n) is 21.7. The van der Waals surface area contributed by atoms with Crippen molar-refractivity contribution in [2.45, 2.75) is 159 Å². The molecular weight excluding hydrogens is 745 g/mol. The second-order valence-corrected chi connectivity index (χ2v) is 19.2. The van der Waals surface area contributed by atoms with Crippen molar-refractivity contribution < 1.29 is 42.9 Å². The molecule has 0 atom stereocenters. The number of urea groups is 2. The molecule has 58 heavy (non-hydrogen) atoms. The molecule has 0 aliphatic carbocycles. The summed E-state index contributed by atoms with van der Waals surface area (Å²) in [4.78, 5) is 59.7. The van der Waals surface area contributed by atoms with Crippen LogP contribution in [0.5, 0.6) is 0 Å². The SMILES string of the molecule is CC(C)(C)CCNC(=O)NCCCCNC(=O)NCCCCNC(=O)OCCCC(C)(C)CCCOC(=O)OCCCC(C)(C)CCCOC(=O)NCCC(C)(C)C. The van der Waals surface area contributed by atoms with E-state index in [-0.39, 0.29) is 46.4 Å². The lowest BCUT2D eigenvalue weighted by molar-refractivity contribution is 0.0483. The van der Waals surface area contributed by atoms with Gasteiger partial charge in [-0.05, 0) is 112 Å². The first-order chi connectivity index (χ1) is 27.1. The van der Waals surface area contributed by atoms with Crippen molar-refractivity contribution >= 4 is 30.4 Å². The largest absolute Gasteiger partial charge is 0.508 e. The van der Waals surface area contributed by atoms with E-state index in [4.69, 9.17) is 18.9 Å². The topological polar surface area (TPSA) is 194 Å². The zero-order valence-corrected chi connectivity index (χ0v) is 38.1. The predicted octanol–water partition coefficient (Wildman–Crippen LogP) is 8.80. The summed E-state index contributed by atoms with van der Waals surface area (Å²) in [6.45, 7) is 26.0. The maximum atomic E-state index is 12.1. The number of carbonyl (C=O) groups is 5. The van der Waals surface area contributed by atoms with Crippen LogP contribution in [0.15, 0.2) is 0 Å². The van der Waals surface area contributed by atoms with Crippen molar-refractivity contribution in [3.8, 4) is 0 Å². The predicted molar refractivity (Wildman–Crippen MR) is 230 cm³/mol. The molecule has 0 radical (unpaired) electrons. The molecule has 0 aliphatic rings. The first-order valence-corrected chi connectivity index (χ1v) is 21.7. The van der Waals surface area contributed by atoms with Crippen LogP contribution in [0.2, 0.25) is 0 Å². The third kappa shape index (κ3) is 37.9. The molecule has 0 rings (SSSR count). The summed E-state index contributed by atoms with van der Waals surface area (Å²) in [5.41, 5.74) is 0.385. The number of hydrogen-bond donors (Lipinski definition) is 6. The maximum absolute atomic E-state index is 12.1. The van der Waals surface area contributed by atoms with E-state index in [1.807, 2.05) is 0 Å². The van der Waals surface area contributed by atoms with Gasteiger partial charge in [-0.2, -0.15) is 0 Å². The molecular formula is C43H84N6O9. The van der Waals surface area contributed by atoms with E-state index in [9.17, 15) is 24.0 Å². The lowest BCUT2D eigenvalue weighted by Crippen LogP contribution is -2.38. The third-order valence-electron chi connectivity index (χ3n) is 9.54. The van der Waals surface area contributed by atoms with Crippen molar-refractivity contribution in [3.05, 3.63) is 0 Å². The molecule has 0 aromatic carbocycles. The minimum atomic E-state index is -0.649. The van der Waals surface area contributed by atoms with Crippen LogP contribution < -0.4 is 31.9 Å². The van der Waals surface area contributed by atoms with E-state index in [1.54, 1.807) is 0 Å². The van der Waals surface area contributed by atoms with E-state index >= 15 is 0 Å². The Bertz CT molecular complexity index is 1150. The quantitative estimate of drug-likeness (QED) is 0.0233. The second kappa shape index (κ2) is 30.4. The molecule has 6 N–H and O–H groups in total. The molecule has 0 aromatic rings. The molecule has 15 heteroatoms. The molecule has 6 amide bonds. The maximum Gasteiger partial charge on any atom is 0.508 e. The Labute approximate surface area is 351 Å². The molecule has 340 valence electrons. The highest BCUT2D eigenvalue weighted by Gasteiger charge is 2.20. The van der Waals surface area contributed by atoms with Crippen molar-refractivity contribution in [1.29, 1.82) is 0 Å². The minimum Gasteiger partial charge on any atom is -0.450 e. The number of hydrogen-bond acceptors (Lipinski definition) is 9.